The molecule has 8 heteroatoms. The predicted molar refractivity (Wildman–Crippen MR) is 85.7 cm³/mol. The summed E-state index contributed by atoms with van der Waals surface area (Å²) in [5.74, 6) is -0.292. The number of aromatic hydroxyl groups is 1. The van der Waals surface area contributed by atoms with Crippen molar-refractivity contribution in [3.63, 3.8) is 0 Å². The first kappa shape index (κ1) is 16.0. The highest BCUT2D eigenvalue weighted by Crippen LogP contribution is 2.30. The van der Waals surface area contributed by atoms with E-state index in [1.165, 1.54) is 12.1 Å². The van der Waals surface area contributed by atoms with Gasteiger partial charge in [-0.3, -0.25) is 14.9 Å². The van der Waals surface area contributed by atoms with E-state index in [0.717, 1.165) is 12.5 Å². The van der Waals surface area contributed by atoms with Crippen molar-refractivity contribution in [2.75, 3.05) is 13.1 Å². The van der Waals surface area contributed by atoms with E-state index in [4.69, 9.17) is 0 Å². The average Bonchev–Trinajstić information content (AvgIpc) is 3.08. The third-order valence-corrected chi connectivity index (χ3v) is 4.54. The third kappa shape index (κ3) is 2.94. The number of aromatic nitrogens is 2. The molecule has 1 fully saturated rings. The van der Waals surface area contributed by atoms with Gasteiger partial charge < -0.3 is 14.6 Å². The molecule has 0 unspecified atom stereocenters. The highest BCUT2D eigenvalue weighted by molar-refractivity contribution is 5.97. The minimum atomic E-state index is -0.606. The highest BCUT2D eigenvalue weighted by atomic mass is 16.6. The van der Waals surface area contributed by atoms with E-state index in [1.807, 2.05) is 10.8 Å². The molecule has 0 bridgehead atoms. The zero-order valence-electron chi connectivity index (χ0n) is 13.2. The molecule has 1 amide bonds. The van der Waals surface area contributed by atoms with Crippen LogP contribution in [0.15, 0.2) is 36.9 Å². The maximum absolute atomic E-state index is 12.7. The number of phenolic OH excluding ortho intramolecular Hbond substituents is 1. The second-order valence-electron chi connectivity index (χ2n) is 6.05. The van der Waals surface area contributed by atoms with Crippen LogP contribution in [0.5, 0.6) is 5.75 Å². The van der Waals surface area contributed by atoms with Gasteiger partial charge in [-0.15, -0.1) is 0 Å². The van der Waals surface area contributed by atoms with Crippen molar-refractivity contribution in [1.29, 1.82) is 0 Å². The molecular formula is C16H18N4O4. The second kappa shape index (κ2) is 6.31. The van der Waals surface area contributed by atoms with Crippen molar-refractivity contribution in [3.05, 3.63) is 52.6 Å². The summed E-state index contributed by atoms with van der Waals surface area (Å²) in [6.45, 7) is 3.23. The summed E-state index contributed by atoms with van der Waals surface area (Å²) in [5, 5.41) is 20.7. The molecule has 1 aliphatic rings. The van der Waals surface area contributed by atoms with Crippen LogP contribution in [0, 0.1) is 16.0 Å². The highest BCUT2D eigenvalue weighted by Gasteiger charge is 2.31. The van der Waals surface area contributed by atoms with Gasteiger partial charge in [0.1, 0.15) is 5.75 Å². The molecule has 2 aromatic rings. The fourth-order valence-electron chi connectivity index (χ4n) is 3.07. The zero-order chi connectivity index (χ0) is 17.3. The smallest absolute Gasteiger partial charge is 0.273 e. The molecule has 1 aliphatic heterocycles. The first-order chi connectivity index (χ1) is 11.5. The van der Waals surface area contributed by atoms with E-state index >= 15 is 0 Å². The Kier molecular flexibility index (Phi) is 4.20. The van der Waals surface area contributed by atoms with Crippen molar-refractivity contribution < 1.29 is 14.8 Å². The van der Waals surface area contributed by atoms with E-state index in [1.54, 1.807) is 17.4 Å². The van der Waals surface area contributed by atoms with Gasteiger partial charge in [0.05, 0.1) is 28.9 Å². The summed E-state index contributed by atoms with van der Waals surface area (Å²) in [7, 11) is 0. The van der Waals surface area contributed by atoms with Gasteiger partial charge in [-0.1, -0.05) is 6.92 Å². The molecule has 0 spiro atoms. The van der Waals surface area contributed by atoms with Crippen LogP contribution >= 0.6 is 0 Å². The summed E-state index contributed by atoms with van der Waals surface area (Å²) in [6.07, 6.45) is 6.15. The summed E-state index contributed by atoms with van der Waals surface area (Å²) in [5.41, 5.74) is -0.160. The van der Waals surface area contributed by atoms with Gasteiger partial charge in [0.2, 0.25) is 0 Å². The molecule has 3 rings (SSSR count). The van der Waals surface area contributed by atoms with Crippen LogP contribution in [-0.2, 0) is 0 Å². The number of carbonyl (C=O) groups excluding carboxylic acids is 1. The molecule has 1 N–H and O–H groups in total. The van der Waals surface area contributed by atoms with E-state index in [2.05, 4.69) is 11.9 Å². The molecule has 0 saturated carbocycles. The minimum Gasteiger partial charge on any atom is -0.507 e. The SMILES string of the molecule is C[C@H]1CCN(C(=O)c2ccc([N+](=O)[O-])cc2O)C[C@H]1n1ccnc1. The number of phenols is 1. The lowest BCUT2D eigenvalue weighted by molar-refractivity contribution is -0.384. The second-order valence-corrected chi connectivity index (χ2v) is 6.05. The number of nitro groups is 1. The summed E-state index contributed by atoms with van der Waals surface area (Å²) in [4.78, 5) is 28.6. The van der Waals surface area contributed by atoms with Crippen LogP contribution in [-0.4, -0.2) is 43.5 Å². The van der Waals surface area contributed by atoms with Crippen molar-refractivity contribution in [1.82, 2.24) is 14.5 Å². The van der Waals surface area contributed by atoms with Gasteiger partial charge in [-0.05, 0) is 18.4 Å². The quantitative estimate of drug-likeness (QED) is 0.687. The van der Waals surface area contributed by atoms with Gasteiger partial charge >= 0.3 is 0 Å². The van der Waals surface area contributed by atoms with E-state index in [9.17, 15) is 20.0 Å². The van der Waals surface area contributed by atoms with E-state index < -0.39 is 4.92 Å². The van der Waals surface area contributed by atoms with Crippen molar-refractivity contribution in [2.45, 2.75) is 19.4 Å². The molecule has 1 aromatic carbocycles. The maximum Gasteiger partial charge on any atom is 0.273 e. The Morgan fingerprint density at radius 3 is 2.88 bits per heavy atom. The number of piperidine rings is 1. The Balaban J connectivity index is 1.81. The Morgan fingerprint density at radius 1 is 1.46 bits per heavy atom. The van der Waals surface area contributed by atoms with Crippen LogP contribution in [0.4, 0.5) is 5.69 Å². The number of rotatable bonds is 3. The number of hydrogen-bond acceptors (Lipinski definition) is 5. The summed E-state index contributed by atoms with van der Waals surface area (Å²) in [6, 6.07) is 3.66. The molecule has 126 valence electrons. The molecule has 2 atom stereocenters. The van der Waals surface area contributed by atoms with Crippen molar-refractivity contribution in [2.24, 2.45) is 5.92 Å². The lowest BCUT2D eigenvalue weighted by Crippen LogP contribution is -2.43. The summed E-state index contributed by atoms with van der Waals surface area (Å²) < 4.78 is 1.99. The van der Waals surface area contributed by atoms with Crippen LogP contribution in [0.2, 0.25) is 0 Å². The zero-order valence-corrected chi connectivity index (χ0v) is 13.2. The Hall–Kier alpha value is -2.90. The van der Waals surface area contributed by atoms with Crippen LogP contribution in [0.3, 0.4) is 0 Å². The molecule has 0 aliphatic carbocycles. The Morgan fingerprint density at radius 2 is 2.25 bits per heavy atom. The molecule has 0 radical (unpaired) electrons. The third-order valence-electron chi connectivity index (χ3n) is 4.54. The maximum atomic E-state index is 12.7. The minimum absolute atomic E-state index is 0.0829. The molecule has 24 heavy (non-hydrogen) atoms. The first-order valence-corrected chi connectivity index (χ1v) is 7.71. The fourth-order valence-corrected chi connectivity index (χ4v) is 3.07. The summed E-state index contributed by atoms with van der Waals surface area (Å²) >= 11 is 0. The number of amides is 1. The number of nitro benzene ring substituents is 1. The van der Waals surface area contributed by atoms with Crippen molar-refractivity contribution >= 4 is 11.6 Å². The van der Waals surface area contributed by atoms with Gasteiger partial charge in [-0.2, -0.15) is 0 Å². The number of carbonyl (C=O) groups is 1. The van der Waals surface area contributed by atoms with Crippen LogP contribution in [0.25, 0.3) is 0 Å². The molecule has 2 heterocycles. The molecule has 1 aromatic heterocycles. The standard InChI is InChI=1S/C16H18N4O4/c1-11-4-6-18(9-14(11)19-7-5-17-10-19)16(22)13-3-2-12(20(23)24)8-15(13)21/h2-3,5,7-8,10-11,14,21H,4,6,9H2,1H3/t11-,14+/m0/s1. The normalized spacial score (nSPS) is 20.8. The largest absolute Gasteiger partial charge is 0.507 e. The monoisotopic (exact) mass is 330 g/mol. The lowest BCUT2D eigenvalue weighted by atomic mass is 9.92. The average molecular weight is 330 g/mol. The Labute approximate surface area is 138 Å². The molecule has 1 saturated heterocycles. The number of nitrogens with zero attached hydrogens (tertiary/aromatic N) is 4. The van der Waals surface area contributed by atoms with Gasteiger partial charge in [0.15, 0.2) is 0 Å². The number of benzene rings is 1. The van der Waals surface area contributed by atoms with Crippen LogP contribution in [0.1, 0.15) is 29.7 Å². The predicted octanol–water partition coefficient (Wildman–Crippen LogP) is 2.22. The Bertz CT molecular complexity index is 759. The topological polar surface area (TPSA) is 102 Å². The number of hydrogen-bond donors (Lipinski definition) is 1. The lowest BCUT2D eigenvalue weighted by Gasteiger charge is -2.37. The van der Waals surface area contributed by atoms with E-state index in [-0.39, 0.29) is 28.9 Å². The van der Waals surface area contributed by atoms with E-state index in [0.29, 0.717) is 19.0 Å². The molecular weight excluding hydrogens is 312 g/mol. The molecule has 8 nitrogen and oxygen atoms in total. The number of non-ortho nitro benzene ring substituents is 1. The van der Waals surface area contributed by atoms with Gasteiger partial charge in [0, 0.05) is 31.5 Å². The van der Waals surface area contributed by atoms with Gasteiger partial charge in [-0.25, -0.2) is 4.98 Å². The van der Waals surface area contributed by atoms with Gasteiger partial charge in [0.25, 0.3) is 11.6 Å². The van der Waals surface area contributed by atoms with Crippen molar-refractivity contribution in [3.8, 4) is 5.75 Å². The van der Waals surface area contributed by atoms with Crippen LogP contribution < -0.4 is 0 Å². The number of imidazole rings is 1. The fraction of sp³-hybridized carbons (Fsp3) is 0.375. The number of likely N-dealkylation sites (tertiary alicyclic amines) is 1. The first-order valence-electron chi connectivity index (χ1n) is 7.71.